The van der Waals surface area contributed by atoms with Crippen LogP contribution in [-0.4, -0.2) is 84.2 Å². The Balaban J connectivity index is 1.78. The highest BCUT2D eigenvalue weighted by atomic mass is 16.7. The van der Waals surface area contributed by atoms with Crippen LogP contribution in [0.2, 0.25) is 0 Å². The van der Waals surface area contributed by atoms with Crippen LogP contribution in [0.5, 0.6) is 11.5 Å². The van der Waals surface area contributed by atoms with Crippen LogP contribution in [0, 0.1) is 29.1 Å². The molecule has 3 N–H and O–H groups in total. The smallest absolute Gasteiger partial charge is 0.412 e. The van der Waals surface area contributed by atoms with Crippen LogP contribution in [0.3, 0.4) is 0 Å². The van der Waals surface area contributed by atoms with Gasteiger partial charge < -0.3 is 39.5 Å². The van der Waals surface area contributed by atoms with E-state index >= 15 is 0 Å². The first kappa shape index (κ1) is 41.5. The van der Waals surface area contributed by atoms with Crippen LogP contribution in [-0.2, 0) is 9.57 Å². The lowest BCUT2D eigenvalue weighted by Crippen LogP contribution is -2.70. The standard InChI is InChI=1S/C43H56N4O8/c1-5-21-47(41(50)30-17-15-29(28-44)16-18-30)38-27-36(46-53-8-4)34-25-31(13-9-11-22-48)33(14-10-12-23-49)39-35-26-32(54-42(51)45-7-3)19-20-37(35)55-43(38,40(34)39)52-24-6-2/h6,15-20,25-26,31,33,38-40,48-49H,2,5,7-14,21-24,27H2,1,3-4H3,(H,45,51)/t31-,33+,38-,39+,40+,43+/m0/s1. The predicted octanol–water partition coefficient (Wildman–Crippen LogP) is 6.87. The first-order valence-electron chi connectivity index (χ1n) is 19.8. The number of carbonyl (C=O) groups is 2. The number of nitrogens with zero attached hydrogens (tertiary/aromatic N) is 3. The van der Waals surface area contributed by atoms with E-state index in [1.54, 1.807) is 36.4 Å². The van der Waals surface area contributed by atoms with Crippen molar-refractivity contribution in [3.63, 3.8) is 0 Å². The van der Waals surface area contributed by atoms with Crippen molar-refractivity contribution < 1.29 is 38.9 Å². The molecule has 6 atom stereocenters. The van der Waals surface area contributed by atoms with Crippen molar-refractivity contribution in [1.29, 1.82) is 5.26 Å². The lowest BCUT2D eigenvalue weighted by Gasteiger charge is -2.60. The zero-order valence-electron chi connectivity index (χ0n) is 32.4. The first-order valence-corrected chi connectivity index (χ1v) is 19.8. The van der Waals surface area contributed by atoms with Gasteiger partial charge in [0.1, 0.15) is 24.1 Å². The molecule has 2 aromatic carbocycles. The second-order valence-corrected chi connectivity index (χ2v) is 14.3. The monoisotopic (exact) mass is 756 g/mol. The molecule has 55 heavy (non-hydrogen) atoms. The van der Waals surface area contributed by atoms with Gasteiger partial charge in [0.25, 0.3) is 5.91 Å². The van der Waals surface area contributed by atoms with Crippen LogP contribution in [0.15, 0.2) is 71.9 Å². The van der Waals surface area contributed by atoms with Crippen LogP contribution < -0.4 is 14.8 Å². The third-order valence-corrected chi connectivity index (χ3v) is 10.8. The van der Waals surface area contributed by atoms with Crippen molar-refractivity contribution in [2.75, 3.05) is 39.5 Å². The van der Waals surface area contributed by atoms with Gasteiger partial charge in [-0.2, -0.15) is 5.26 Å². The number of ether oxygens (including phenoxy) is 3. The Hall–Kier alpha value is -4.70. The molecular formula is C43H56N4O8. The van der Waals surface area contributed by atoms with Gasteiger partial charge in [-0.15, -0.1) is 6.58 Å². The Kier molecular flexibility index (Phi) is 14.9. The minimum Gasteiger partial charge on any atom is -0.459 e. The molecule has 2 aliphatic carbocycles. The molecule has 12 heteroatoms. The highest BCUT2D eigenvalue weighted by Gasteiger charge is 2.65. The maximum Gasteiger partial charge on any atom is 0.412 e. The van der Waals surface area contributed by atoms with Crippen LogP contribution in [0.4, 0.5) is 4.79 Å². The highest BCUT2D eigenvalue weighted by molar-refractivity contribution is 6.03. The number of aliphatic hydroxyl groups excluding tert-OH is 2. The molecule has 5 rings (SSSR count). The van der Waals surface area contributed by atoms with Gasteiger partial charge in [-0.1, -0.05) is 37.1 Å². The largest absolute Gasteiger partial charge is 0.459 e. The second kappa shape index (κ2) is 19.8. The Morgan fingerprint density at radius 2 is 1.84 bits per heavy atom. The zero-order valence-corrected chi connectivity index (χ0v) is 32.4. The van der Waals surface area contributed by atoms with Gasteiger partial charge in [-0.05, 0) is 106 Å². The Morgan fingerprint density at radius 3 is 2.49 bits per heavy atom. The molecule has 0 spiro atoms. The molecule has 296 valence electrons. The molecule has 3 aliphatic rings. The summed E-state index contributed by atoms with van der Waals surface area (Å²) in [5.74, 6) is -1.36. The minimum atomic E-state index is -1.41. The van der Waals surface area contributed by atoms with Crippen molar-refractivity contribution >= 4 is 17.7 Å². The van der Waals surface area contributed by atoms with E-state index < -0.39 is 23.8 Å². The summed E-state index contributed by atoms with van der Waals surface area (Å²) in [5, 5.41) is 36.5. The molecule has 0 aromatic heterocycles. The number of benzene rings is 2. The number of fused-ring (bicyclic) bond motifs is 2. The molecule has 0 unspecified atom stereocenters. The summed E-state index contributed by atoms with van der Waals surface area (Å²) in [4.78, 5) is 35.0. The fraction of sp³-hybridized carbons (Fsp3) is 0.535. The molecule has 1 heterocycles. The summed E-state index contributed by atoms with van der Waals surface area (Å²) in [7, 11) is 0. The number of amides is 2. The topological polar surface area (TPSA) is 163 Å². The van der Waals surface area contributed by atoms with E-state index in [0.717, 1.165) is 36.8 Å². The predicted molar refractivity (Wildman–Crippen MR) is 209 cm³/mol. The minimum absolute atomic E-state index is 0.0222. The molecule has 12 nitrogen and oxygen atoms in total. The quantitative estimate of drug-likeness (QED) is 0.0789. The van der Waals surface area contributed by atoms with Crippen molar-refractivity contribution in [3.8, 4) is 17.6 Å². The van der Waals surface area contributed by atoms with Crippen molar-refractivity contribution in [3.05, 3.63) is 83.5 Å². The van der Waals surface area contributed by atoms with Crippen LogP contribution in [0.1, 0.15) is 99.5 Å². The number of unbranched alkanes of at least 4 members (excludes halogenated alkanes) is 2. The number of hydrogen-bond acceptors (Lipinski definition) is 10. The number of nitrogens with one attached hydrogen (secondary N) is 1. The van der Waals surface area contributed by atoms with Crippen molar-refractivity contribution in [1.82, 2.24) is 10.2 Å². The molecular weight excluding hydrogens is 700 g/mol. The maximum absolute atomic E-state index is 14.7. The second-order valence-electron chi connectivity index (χ2n) is 14.3. The molecule has 1 saturated carbocycles. The molecule has 0 saturated heterocycles. The summed E-state index contributed by atoms with van der Waals surface area (Å²) >= 11 is 0. The van der Waals surface area contributed by atoms with Gasteiger partial charge >= 0.3 is 6.09 Å². The number of hydrogen-bond donors (Lipinski definition) is 3. The number of rotatable bonds is 19. The summed E-state index contributed by atoms with van der Waals surface area (Å²) in [5.41, 5.74) is 3.38. The third-order valence-electron chi connectivity index (χ3n) is 10.8. The van der Waals surface area contributed by atoms with Crippen LogP contribution >= 0.6 is 0 Å². The van der Waals surface area contributed by atoms with E-state index in [-0.39, 0.29) is 49.9 Å². The summed E-state index contributed by atoms with van der Waals surface area (Å²) in [6.45, 7) is 11.2. The maximum atomic E-state index is 14.7. The number of nitriles is 1. The molecule has 0 radical (unpaired) electrons. The first-order chi connectivity index (χ1) is 26.8. The van der Waals surface area contributed by atoms with E-state index in [0.29, 0.717) is 67.3 Å². The Labute approximate surface area is 324 Å². The number of oxime groups is 1. The average Bonchev–Trinajstić information content (AvgIpc) is 3.19. The van der Waals surface area contributed by atoms with Gasteiger partial charge in [0, 0.05) is 49.8 Å². The molecule has 2 aromatic rings. The van der Waals surface area contributed by atoms with E-state index in [1.165, 1.54) is 0 Å². The lowest BCUT2D eigenvalue weighted by atomic mass is 9.55. The number of aliphatic hydroxyl groups is 2. The molecule has 0 bridgehead atoms. The van der Waals surface area contributed by atoms with Crippen molar-refractivity contribution in [2.24, 2.45) is 22.9 Å². The van der Waals surface area contributed by atoms with Gasteiger partial charge in [0.05, 0.1) is 29.9 Å². The normalized spacial score (nSPS) is 24.3. The van der Waals surface area contributed by atoms with E-state index in [4.69, 9.17) is 24.2 Å². The van der Waals surface area contributed by atoms with E-state index in [1.807, 2.05) is 37.8 Å². The average molecular weight is 757 g/mol. The Bertz CT molecular complexity index is 1740. The molecule has 1 aliphatic heterocycles. The van der Waals surface area contributed by atoms with Crippen LogP contribution in [0.25, 0.3) is 0 Å². The summed E-state index contributed by atoms with van der Waals surface area (Å²) < 4.78 is 19.9. The molecule has 2 amide bonds. The lowest BCUT2D eigenvalue weighted by molar-refractivity contribution is -0.254. The summed E-state index contributed by atoms with van der Waals surface area (Å²) in [6.07, 6.45) is 8.82. The van der Waals surface area contributed by atoms with Gasteiger partial charge in [-0.25, -0.2) is 4.79 Å². The van der Waals surface area contributed by atoms with Crippen molar-refractivity contribution in [2.45, 2.75) is 89.9 Å². The van der Waals surface area contributed by atoms with Gasteiger partial charge in [0.2, 0.25) is 5.79 Å². The van der Waals surface area contributed by atoms with Gasteiger partial charge in [0.15, 0.2) is 0 Å². The van der Waals surface area contributed by atoms with E-state index in [2.05, 4.69) is 24.0 Å². The highest BCUT2D eigenvalue weighted by Crippen LogP contribution is 2.62. The SMILES string of the molecule is C=CCO[C@@]12Oc3ccc(OC(=O)NCC)cc3[C@H]3[C@H](CCCCO)[C@@H](CCCCO)C=C(C(=NOCC)C[C@@H]1N(CCC)C(=O)c1ccc(C#N)cc1)[C@H]32. The fourth-order valence-corrected chi connectivity index (χ4v) is 8.63. The fourth-order valence-electron chi connectivity index (χ4n) is 8.63. The number of allylic oxidation sites excluding steroid dienone is 1. The molecule has 1 fully saturated rings. The summed E-state index contributed by atoms with van der Waals surface area (Å²) in [6, 6.07) is 13.5. The van der Waals surface area contributed by atoms with E-state index in [9.17, 15) is 25.1 Å². The Morgan fingerprint density at radius 1 is 1.09 bits per heavy atom. The zero-order chi connectivity index (χ0) is 39.4. The number of carbonyl (C=O) groups excluding carboxylic acids is 2. The third kappa shape index (κ3) is 9.07. The van der Waals surface area contributed by atoms with Gasteiger partial charge in [-0.3, -0.25) is 4.79 Å².